The van der Waals surface area contributed by atoms with Crippen molar-refractivity contribution < 1.29 is 4.92 Å². The maximum absolute atomic E-state index is 10.7. The van der Waals surface area contributed by atoms with E-state index in [0.717, 1.165) is 18.7 Å². The number of non-ortho nitro benzene ring substituents is 1. The van der Waals surface area contributed by atoms with Crippen LogP contribution in [0.15, 0.2) is 48.5 Å². The van der Waals surface area contributed by atoms with E-state index in [2.05, 4.69) is 12.1 Å². The molecule has 0 bridgehead atoms. The van der Waals surface area contributed by atoms with E-state index in [1.54, 1.807) is 6.07 Å². The summed E-state index contributed by atoms with van der Waals surface area (Å²) < 4.78 is 0. The van der Waals surface area contributed by atoms with Gasteiger partial charge in [-0.25, -0.2) is 0 Å². The molecule has 0 heterocycles. The number of nitrogens with two attached hydrogens (primary N) is 1. The molecule has 0 atom stereocenters. The van der Waals surface area contributed by atoms with Crippen LogP contribution < -0.4 is 10.6 Å². The van der Waals surface area contributed by atoms with Crippen molar-refractivity contribution >= 4 is 17.1 Å². The number of nitrogen functional groups attached to an aromatic ring is 1. The third-order valence-corrected chi connectivity index (χ3v) is 3.21. The Kier molecular flexibility index (Phi) is 4.20. The van der Waals surface area contributed by atoms with Gasteiger partial charge in [-0.3, -0.25) is 10.1 Å². The average Bonchev–Trinajstić information content (AvgIpc) is 2.45. The van der Waals surface area contributed by atoms with Crippen molar-refractivity contribution in [2.24, 2.45) is 0 Å². The summed E-state index contributed by atoms with van der Waals surface area (Å²) in [6.07, 6.45) is 0.897. The van der Waals surface area contributed by atoms with E-state index in [4.69, 9.17) is 5.73 Å². The van der Waals surface area contributed by atoms with Gasteiger partial charge in [0, 0.05) is 25.7 Å². The number of benzene rings is 2. The molecule has 2 N–H and O–H groups in total. The van der Waals surface area contributed by atoms with Crippen LogP contribution in [0.4, 0.5) is 17.1 Å². The summed E-state index contributed by atoms with van der Waals surface area (Å²) in [5.41, 5.74) is 8.39. The highest BCUT2D eigenvalue weighted by atomic mass is 16.6. The Balaban J connectivity index is 2.06. The summed E-state index contributed by atoms with van der Waals surface area (Å²) in [6, 6.07) is 14.7. The third-order valence-electron chi connectivity index (χ3n) is 3.21. The van der Waals surface area contributed by atoms with Gasteiger partial charge in [-0.05, 0) is 18.1 Å². The van der Waals surface area contributed by atoms with Crippen LogP contribution in [0.25, 0.3) is 0 Å². The van der Waals surface area contributed by atoms with Gasteiger partial charge in [0.1, 0.15) is 0 Å². The predicted octanol–water partition coefficient (Wildman–Crippen LogP) is 2.86. The monoisotopic (exact) mass is 271 g/mol. The molecule has 5 nitrogen and oxygen atoms in total. The Morgan fingerprint density at radius 1 is 1.20 bits per heavy atom. The van der Waals surface area contributed by atoms with E-state index >= 15 is 0 Å². The van der Waals surface area contributed by atoms with Crippen molar-refractivity contribution in [2.45, 2.75) is 6.42 Å². The molecule has 20 heavy (non-hydrogen) atoms. The van der Waals surface area contributed by atoms with Crippen LogP contribution in [0.1, 0.15) is 5.56 Å². The first-order chi connectivity index (χ1) is 9.58. The Morgan fingerprint density at radius 3 is 2.50 bits per heavy atom. The Labute approximate surface area is 117 Å². The molecule has 2 aromatic rings. The van der Waals surface area contributed by atoms with E-state index in [0.29, 0.717) is 5.69 Å². The minimum Gasteiger partial charge on any atom is -0.397 e. The van der Waals surface area contributed by atoms with E-state index < -0.39 is 4.92 Å². The lowest BCUT2D eigenvalue weighted by molar-refractivity contribution is -0.384. The predicted molar refractivity (Wildman–Crippen MR) is 80.9 cm³/mol. The van der Waals surface area contributed by atoms with Crippen LogP contribution in [0.5, 0.6) is 0 Å². The van der Waals surface area contributed by atoms with Gasteiger partial charge in [0.05, 0.1) is 16.3 Å². The quantitative estimate of drug-likeness (QED) is 0.515. The molecule has 0 aliphatic carbocycles. The maximum atomic E-state index is 10.7. The molecule has 0 fully saturated rings. The number of rotatable bonds is 5. The molecule has 0 saturated carbocycles. The summed E-state index contributed by atoms with van der Waals surface area (Å²) in [5.74, 6) is 0. The second kappa shape index (κ2) is 6.06. The number of likely N-dealkylation sites (N-methyl/N-ethyl adjacent to an activating group) is 1. The summed E-state index contributed by atoms with van der Waals surface area (Å²) in [7, 11) is 1.93. The SMILES string of the molecule is CN(CCc1ccccc1)c1ccc([N+](=O)[O-])cc1N. The zero-order valence-corrected chi connectivity index (χ0v) is 11.3. The van der Waals surface area contributed by atoms with Crippen molar-refractivity contribution in [3.63, 3.8) is 0 Å². The minimum atomic E-state index is -0.440. The largest absolute Gasteiger partial charge is 0.397 e. The number of hydrogen-bond donors (Lipinski definition) is 1. The maximum Gasteiger partial charge on any atom is 0.271 e. The number of anilines is 2. The molecule has 2 rings (SSSR count). The molecule has 104 valence electrons. The number of nitro groups is 1. The van der Waals surface area contributed by atoms with Gasteiger partial charge >= 0.3 is 0 Å². The zero-order chi connectivity index (χ0) is 14.5. The van der Waals surface area contributed by atoms with Gasteiger partial charge in [0.15, 0.2) is 0 Å². The molecule has 0 radical (unpaired) electrons. The number of nitro benzene ring substituents is 1. The highest BCUT2D eigenvalue weighted by molar-refractivity contribution is 5.70. The molecule has 0 amide bonds. The first-order valence-corrected chi connectivity index (χ1v) is 6.37. The second-order valence-corrected chi connectivity index (χ2v) is 4.66. The summed E-state index contributed by atoms with van der Waals surface area (Å²) >= 11 is 0. The first kappa shape index (κ1) is 13.9. The number of nitrogens with zero attached hydrogens (tertiary/aromatic N) is 2. The van der Waals surface area contributed by atoms with Gasteiger partial charge in [-0.2, -0.15) is 0 Å². The van der Waals surface area contributed by atoms with Crippen molar-refractivity contribution in [3.8, 4) is 0 Å². The fraction of sp³-hybridized carbons (Fsp3) is 0.200. The van der Waals surface area contributed by atoms with Crippen molar-refractivity contribution in [2.75, 3.05) is 24.2 Å². The lowest BCUT2D eigenvalue weighted by Crippen LogP contribution is -2.21. The fourth-order valence-electron chi connectivity index (χ4n) is 2.07. The second-order valence-electron chi connectivity index (χ2n) is 4.66. The van der Waals surface area contributed by atoms with E-state index in [1.165, 1.54) is 17.7 Å². The van der Waals surface area contributed by atoms with Gasteiger partial charge in [0.2, 0.25) is 0 Å². The molecule has 0 saturated heterocycles. The smallest absolute Gasteiger partial charge is 0.271 e. The Morgan fingerprint density at radius 2 is 1.90 bits per heavy atom. The fourth-order valence-corrected chi connectivity index (χ4v) is 2.07. The standard InChI is InChI=1S/C15H17N3O2/c1-17(10-9-12-5-3-2-4-6-12)15-8-7-13(18(19)20)11-14(15)16/h2-8,11H,9-10,16H2,1H3. The van der Waals surface area contributed by atoms with Crippen LogP contribution in [-0.4, -0.2) is 18.5 Å². The molecule has 0 spiro atoms. The lowest BCUT2D eigenvalue weighted by Gasteiger charge is -2.20. The normalized spacial score (nSPS) is 10.2. The van der Waals surface area contributed by atoms with Crippen LogP contribution in [0.2, 0.25) is 0 Å². The van der Waals surface area contributed by atoms with Gasteiger partial charge in [-0.15, -0.1) is 0 Å². The molecule has 5 heteroatoms. The first-order valence-electron chi connectivity index (χ1n) is 6.37. The summed E-state index contributed by atoms with van der Waals surface area (Å²) in [6.45, 7) is 0.798. The highest BCUT2D eigenvalue weighted by Gasteiger charge is 2.11. The van der Waals surface area contributed by atoms with Gasteiger partial charge in [-0.1, -0.05) is 30.3 Å². The molecule has 0 aliphatic rings. The van der Waals surface area contributed by atoms with Crippen LogP contribution >= 0.6 is 0 Å². The molecule has 0 aliphatic heterocycles. The van der Waals surface area contributed by atoms with Crippen LogP contribution in [0, 0.1) is 10.1 Å². The van der Waals surface area contributed by atoms with E-state index in [1.807, 2.05) is 30.1 Å². The van der Waals surface area contributed by atoms with Crippen LogP contribution in [-0.2, 0) is 6.42 Å². The van der Waals surface area contributed by atoms with Gasteiger partial charge in [0.25, 0.3) is 5.69 Å². The molecule has 0 unspecified atom stereocenters. The summed E-state index contributed by atoms with van der Waals surface area (Å²) in [4.78, 5) is 12.2. The minimum absolute atomic E-state index is 0.0164. The zero-order valence-electron chi connectivity index (χ0n) is 11.3. The van der Waals surface area contributed by atoms with Crippen molar-refractivity contribution in [1.29, 1.82) is 0 Å². The average molecular weight is 271 g/mol. The topological polar surface area (TPSA) is 72.4 Å². The highest BCUT2D eigenvalue weighted by Crippen LogP contribution is 2.26. The van der Waals surface area contributed by atoms with Gasteiger partial charge < -0.3 is 10.6 Å². The lowest BCUT2D eigenvalue weighted by atomic mass is 10.1. The van der Waals surface area contributed by atoms with E-state index in [-0.39, 0.29) is 5.69 Å². The van der Waals surface area contributed by atoms with Crippen molar-refractivity contribution in [3.05, 3.63) is 64.2 Å². The molecular formula is C15H17N3O2. The van der Waals surface area contributed by atoms with Crippen molar-refractivity contribution in [1.82, 2.24) is 0 Å². The van der Waals surface area contributed by atoms with E-state index in [9.17, 15) is 10.1 Å². The molecule has 2 aromatic carbocycles. The third kappa shape index (κ3) is 3.26. The Bertz CT molecular complexity index is 599. The Hall–Kier alpha value is -2.56. The number of hydrogen-bond acceptors (Lipinski definition) is 4. The van der Waals surface area contributed by atoms with Crippen LogP contribution in [0.3, 0.4) is 0 Å². The summed E-state index contributed by atoms with van der Waals surface area (Å²) in [5, 5.41) is 10.7. The molecular weight excluding hydrogens is 254 g/mol. The molecule has 0 aromatic heterocycles.